The van der Waals surface area contributed by atoms with Crippen molar-refractivity contribution in [2.45, 2.75) is 26.7 Å². The molecule has 7 heteroatoms. The Balaban J connectivity index is 2.27. The van der Waals surface area contributed by atoms with Gasteiger partial charge in [0.2, 0.25) is 5.15 Å². The highest BCUT2D eigenvalue weighted by atomic mass is 35.5. The van der Waals surface area contributed by atoms with Gasteiger partial charge in [-0.2, -0.15) is 0 Å². The van der Waals surface area contributed by atoms with Crippen molar-refractivity contribution < 1.29 is 9.72 Å². The van der Waals surface area contributed by atoms with E-state index in [2.05, 4.69) is 18.8 Å². The highest BCUT2D eigenvalue weighted by Crippen LogP contribution is 2.32. The van der Waals surface area contributed by atoms with Crippen molar-refractivity contribution in [2.75, 3.05) is 13.1 Å². The summed E-state index contributed by atoms with van der Waals surface area (Å²) >= 11 is 5.73. The highest BCUT2D eigenvalue weighted by Gasteiger charge is 2.32. The standard InChI is InChI=1S/C13H16ClN3O3/c1-13(2)4-7-16(8-5-13)12(18)9-3-6-15-11(14)10(9)17(19)20/h3,6H,4-5,7-8H2,1-2H3. The molecule has 0 saturated carbocycles. The van der Waals surface area contributed by atoms with Gasteiger partial charge in [-0.1, -0.05) is 25.4 Å². The number of halogens is 1. The van der Waals surface area contributed by atoms with Gasteiger partial charge in [0.05, 0.1) is 4.92 Å². The van der Waals surface area contributed by atoms with Gasteiger partial charge in [-0.3, -0.25) is 14.9 Å². The fraction of sp³-hybridized carbons (Fsp3) is 0.538. The summed E-state index contributed by atoms with van der Waals surface area (Å²) in [6.07, 6.45) is 3.08. The van der Waals surface area contributed by atoms with Crippen molar-refractivity contribution in [2.24, 2.45) is 5.41 Å². The first-order chi connectivity index (χ1) is 9.32. The van der Waals surface area contributed by atoms with Crippen LogP contribution < -0.4 is 0 Å². The lowest BCUT2D eigenvalue weighted by atomic mass is 9.82. The van der Waals surface area contributed by atoms with Gasteiger partial charge < -0.3 is 4.90 Å². The molecule has 1 aromatic rings. The van der Waals surface area contributed by atoms with Crippen molar-refractivity contribution in [1.82, 2.24) is 9.88 Å². The Morgan fingerprint density at radius 2 is 2.05 bits per heavy atom. The van der Waals surface area contributed by atoms with Crippen LogP contribution in [0.1, 0.15) is 37.0 Å². The van der Waals surface area contributed by atoms with Gasteiger partial charge >= 0.3 is 5.69 Å². The largest absolute Gasteiger partial charge is 0.338 e. The van der Waals surface area contributed by atoms with E-state index in [9.17, 15) is 14.9 Å². The van der Waals surface area contributed by atoms with Gasteiger partial charge in [-0.25, -0.2) is 4.98 Å². The van der Waals surface area contributed by atoms with E-state index in [-0.39, 0.29) is 22.0 Å². The van der Waals surface area contributed by atoms with Crippen molar-refractivity contribution >= 4 is 23.2 Å². The molecule has 0 N–H and O–H groups in total. The number of likely N-dealkylation sites (tertiary alicyclic amines) is 1. The molecular weight excluding hydrogens is 282 g/mol. The maximum Gasteiger partial charge on any atom is 0.319 e. The molecule has 2 rings (SSSR count). The van der Waals surface area contributed by atoms with Gasteiger partial charge in [0.15, 0.2) is 0 Å². The average Bonchev–Trinajstić information content (AvgIpc) is 2.37. The number of pyridine rings is 1. The summed E-state index contributed by atoms with van der Waals surface area (Å²) in [5.74, 6) is -0.350. The van der Waals surface area contributed by atoms with E-state index in [1.165, 1.54) is 12.3 Å². The normalized spacial score (nSPS) is 17.9. The Bertz CT molecular complexity index is 550. The molecule has 1 aromatic heterocycles. The fourth-order valence-electron chi connectivity index (χ4n) is 2.26. The second kappa shape index (κ2) is 5.36. The minimum Gasteiger partial charge on any atom is -0.338 e. The van der Waals surface area contributed by atoms with Gasteiger partial charge in [-0.15, -0.1) is 0 Å². The molecule has 0 aliphatic carbocycles. The van der Waals surface area contributed by atoms with E-state index < -0.39 is 10.6 Å². The van der Waals surface area contributed by atoms with Crippen molar-refractivity contribution in [3.8, 4) is 0 Å². The topological polar surface area (TPSA) is 76.3 Å². The van der Waals surface area contributed by atoms with E-state index in [1.807, 2.05) is 0 Å². The minimum atomic E-state index is -0.656. The second-order valence-corrected chi connectivity index (χ2v) is 6.07. The van der Waals surface area contributed by atoms with Crippen molar-refractivity contribution in [1.29, 1.82) is 0 Å². The summed E-state index contributed by atoms with van der Waals surface area (Å²) in [7, 11) is 0. The summed E-state index contributed by atoms with van der Waals surface area (Å²) in [4.78, 5) is 28.1. The van der Waals surface area contributed by atoms with Gasteiger partial charge in [-0.05, 0) is 24.3 Å². The van der Waals surface area contributed by atoms with Crippen LogP contribution in [-0.2, 0) is 0 Å². The number of hydrogen-bond acceptors (Lipinski definition) is 4. The lowest BCUT2D eigenvalue weighted by Gasteiger charge is -2.36. The zero-order chi connectivity index (χ0) is 14.9. The molecule has 0 radical (unpaired) electrons. The number of hydrogen-bond donors (Lipinski definition) is 0. The van der Waals surface area contributed by atoms with Crippen LogP contribution in [0.3, 0.4) is 0 Å². The number of nitrogens with zero attached hydrogens (tertiary/aromatic N) is 3. The van der Waals surface area contributed by atoms with E-state index >= 15 is 0 Å². The van der Waals surface area contributed by atoms with E-state index in [1.54, 1.807) is 4.90 Å². The summed E-state index contributed by atoms with van der Waals surface area (Å²) in [5.41, 5.74) is -0.197. The first-order valence-corrected chi connectivity index (χ1v) is 6.78. The third-order valence-electron chi connectivity index (χ3n) is 3.70. The Morgan fingerprint density at radius 3 is 2.60 bits per heavy atom. The van der Waals surface area contributed by atoms with Gasteiger partial charge in [0.1, 0.15) is 5.56 Å². The summed E-state index contributed by atoms with van der Waals surface area (Å²) in [5, 5.41) is 10.8. The molecule has 1 amide bonds. The van der Waals surface area contributed by atoms with E-state index in [0.29, 0.717) is 13.1 Å². The average molecular weight is 298 g/mol. The highest BCUT2D eigenvalue weighted by molar-refractivity contribution is 6.32. The number of amides is 1. The number of carbonyl (C=O) groups excluding carboxylic acids is 1. The van der Waals surface area contributed by atoms with Gasteiger partial charge in [0, 0.05) is 19.3 Å². The van der Waals surface area contributed by atoms with Crippen LogP contribution in [-0.4, -0.2) is 33.8 Å². The lowest BCUT2D eigenvalue weighted by molar-refractivity contribution is -0.385. The Kier molecular flexibility index (Phi) is 3.94. The molecule has 6 nitrogen and oxygen atoms in total. The molecule has 108 valence electrons. The summed E-state index contributed by atoms with van der Waals surface area (Å²) in [6.45, 7) is 5.51. The zero-order valence-corrected chi connectivity index (χ0v) is 12.2. The number of aromatic nitrogens is 1. The maximum absolute atomic E-state index is 12.4. The number of nitro groups is 1. The molecule has 1 fully saturated rings. The predicted molar refractivity (Wildman–Crippen MR) is 74.8 cm³/mol. The quantitative estimate of drug-likeness (QED) is 0.478. The number of piperidine rings is 1. The summed E-state index contributed by atoms with van der Waals surface area (Å²) in [6, 6.07) is 1.35. The van der Waals surface area contributed by atoms with E-state index in [0.717, 1.165) is 12.8 Å². The lowest BCUT2D eigenvalue weighted by Crippen LogP contribution is -2.41. The summed E-state index contributed by atoms with van der Waals surface area (Å²) < 4.78 is 0. The predicted octanol–water partition coefficient (Wildman–Crippen LogP) is 2.91. The van der Waals surface area contributed by atoms with Crippen LogP contribution in [0, 0.1) is 15.5 Å². The Morgan fingerprint density at radius 1 is 1.45 bits per heavy atom. The van der Waals surface area contributed by atoms with Crippen molar-refractivity contribution in [3.63, 3.8) is 0 Å². The van der Waals surface area contributed by atoms with Gasteiger partial charge in [0.25, 0.3) is 5.91 Å². The van der Waals surface area contributed by atoms with Crippen LogP contribution in [0.25, 0.3) is 0 Å². The molecule has 0 bridgehead atoms. The molecule has 2 heterocycles. The monoisotopic (exact) mass is 297 g/mol. The molecule has 0 unspecified atom stereocenters. The van der Waals surface area contributed by atoms with Crippen LogP contribution in [0.15, 0.2) is 12.3 Å². The molecule has 1 aliphatic rings. The molecule has 1 aliphatic heterocycles. The van der Waals surface area contributed by atoms with Crippen LogP contribution in [0.5, 0.6) is 0 Å². The van der Waals surface area contributed by atoms with Crippen molar-refractivity contribution in [3.05, 3.63) is 33.1 Å². The second-order valence-electron chi connectivity index (χ2n) is 5.71. The molecule has 1 saturated heterocycles. The SMILES string of the molecule is CC1(C)CCN(C(=O)c2ccnc(Cl)c2[N+](=O)[O-])CC1. The smallest absolute Gasteiger partial charge is 0.319 e. The molecule has 0 aromatic carbocycles. The Hall–Kier alpha value is -1.69. The molecule has 0 atom stereocenters. The number of carbonyl (C=O) groups is 1. The maximum atomic E-state index is 12.4. The fourth-order valence-corrected chi connectivity index (χ4v) is 2.49. The first kappa shape index (κ1) is 14.7. The third-order valence-corrected chi connectivity index (χ3v) is 3.97. The molecule has 0 spiro atoms. The Labute approximate surface area is 121 Å². The third kappa shape index (κ3) is 2.90. The van der Waals surface area contributed by atoms with Crippen LogP contribution >= 0.6 is 11.6 Å². The minimum absolute atomic E-state index is 0.00899. The molecular formula is C13H16ClN3O3. The first-order valence-electron chi connectivity index (χ1n) is 6.40. The van der Waals surface area contributed by atoms with Crippen LogP contribution in [0.2, 0.25) is 5.15 Å². The molecule has 20 heavy (non-hydrogen) atoms. The number of rotatable bonds is 2. The van der Waals surface area contributed by atoms with E-state index in [4.69, 9.17) is 11.6 Å². The zero-order valence-electron chi connectivity index (χ0n) is 11.4. The van der Waals surface area contributed by atoms with Crippen LogP contribution in [0.4, 0.5) is 5.69 Å².